The molecule has 1 aromatic rings. The highest BCUT2D eigenvalue weighted by molar-refractivity contribution is 7.91. The molecule has 1 fully saturated rings. The van der Waals surface area contributed by atoms with Gasteiger partial charge in [0.2, 0.25) is 0 Å². The van der Waals surface area contributed by atoms with Gasteiger partial charge < -0.3 is 0 Å². The summed E-state index contributed by atoms with van der Waals surface area (Å²) in [4.78, 5) is 6.09. The number of sulfone groups is 1. The van der Waals surface area contributed by atoms with Gasteiger partial charge in [0.25, 0.3) is 0 Å². The first-order valence-corrected chi connectivity index (χ1v) is 7.62. The van der Waals surface area contributed by atoms with Gasteiger partial charge in [-0.05, 0) is 13.0 Å². The number of rotatable bonds is 2. The van der Waals surface area contributed by atoms with E-state index in [1.54, 1.807) is 12.3 Å². The summed E-state index contributed by atoms with van der Waals surface area (Å²) in [5.74, 6) is 0.384. The van der Waals surface area contributed by atoms with Gasteiger partial charge in [-0.3, -0.25) is 4.90 Å². The zero-order valence-electron chi connectivity index (χ0n) is 10.2. The Hall–Kier alpha value is -1.45. The zero-order valence-corrected chi connectivity index (χ0v) is 11.0. The van der Waals surface area contributed by atoms with E-state index in [-0.39, 0.29) is 17.5 Å². The maximum absolute atomic E-state index is 11.5. The van der Waals surface area contributed by atoms with Gasteiger partial charge in [0.15, 0.2) is 9.84 Å². The minimum Gasteiger partial charge on any atom is -0.294 e. The van der Waals surface area contributed by atoms with Crippen molar-refractivity contribution in [3.05, 3.63) is 29.6 Å². The van der Waals surface area contributed by atoms with E-state index in [0.29, 0.717) is 18.8 Å². The third-order valence-corrected chi connectivity index (χ3v) is 4.97. The van der Waals surface area contributed by atoms with Crippen LogP contribution in [0.1, 0.15) is 18.2 Å². The number of hydrogen-bond acceptors (Lipinski definition) is 5. The van der Waals surface area contributed by atoms with Crippen molar-refractivity contribution in [3.63, 3.8) is 0 Å². The van der Waals surface area contributed by atoms with Crippen LogP contribution in [0.3, 0.4) is 0 Å². The van der Waals surface area contributed by atoms with E-state index in [4.69, 9.17) is 5.26 Å². The predicted octanol–water partition coefficient (Wildman–Crippen LogP) is 0.572. The molecule has 6 heteroatoms. The Morgan fingerprint density at radius 1 is 1.61 bits per heavy atom. The summed E-state index contributed by atoms with van der Waals surface area (Å²) in [5, 5.41) is 8.97. The minimum atomic E-state index is -2.90. The summed E-state index contributed by atoms with van der Waals surface area (Å²) in [5.41, 5.74) is 1.27. The lowest BCUT2D eigenvalue weighted by molar-refractivity contribution is 0.217. The molecule has 18 heavy (non-hydrogen) atoms. The van der Waals surface area contributed by atoms with Gasteiger partial charge in [-0.1, -0.05) is 6.07 Å². The topological polar surface area (TPSA) is 74.1 Å². The third kappa shape index (κ3) is 2.86. The standard InChI is InChI=1S/C12H15N3O2S/c1-10-9-18(16,17)6-5-15(10)8-11-3-2-4-14-12(11)7-13/h2-4,10H,5-6,8-9H2,1H3. The number of aromatic nitrogens is 1. The second-order valence-corrected chi connectivity index (χ2v) is 6.79. The van der Waals surface area contributed by atoms with Gasteiger partial charge >= 0.3 is 0 Å². The molecule has 0 bridgehead atoms. The van der Waals surface area contributed by atoms with Crippen molar-refractivity contribution in [1.82, 2.24) is 9.88 Å². The van der Waals surface area contributed by atoms with Crippen LogP contribution in [0.2, 0.25) is 0 Å². The monoisotopic (exact) mass is 265 g/mol. The fourth-order valence-electron chi connectivity index (χ4n) is 2.15. The number of hydrogen-bond donors (Lipinski definition) is 0. The molecule has 1 unspecified atom stereocenters. The third-order valence-electron chi connectivity index (χ3n) is 3.18. The minimum absolute atomic E-state index is 0.0181. The van der Waals surface area contributed by atoms with Crippen LogP contribution in [0.15, 0.2) is 18.3 Å². The average molecular weight is 265 g/mol. The van der Waals surface area contributed by atoms with Gasteiger partial charge in [0.05, 0.1) is 11.5 Å². The normalized spacial score (nSPS) is 23.4. The molecule has 0 amide bonds. The maximum atomic E-state index is 11.5. The summed E-state index contributed by atoms with van der Waals surface area (Å²) in [6.07, 6.45) is 1.59. The average Bonchev–Trinajstić information content (AvgIpc) is 2.33. The van der Waals surface area contributed by atoms with E-state index < -0.39 is 9.84 Å². The molecule has 0 aliphatic carbocycles. The maximum Gasteiger partial charge on any atom is 0.153 e. The van der Waals surface area contributed by atoms with E-state index >= 15 is 0 Å². The molecule has 0 saturated carbocycles. The molecule has 1 aliphatic rings. The van der Waals surface area contributed by atoms with Gasteiger partial charge in [0.1, 0.15) is 11.8 Å². The Labute approximate surface area is 107 Å². The molecule has 2 rings (SSSR count). The first kappa shape index (κ1) is 13.0. The van der Waals surface area contributed by atoms with Gasteiger partial charge in [-0.15, -0.1) is 0 Å². The lowest BCUT2D eigenvalue weighted by Gasteiger charge is -2.33. The van der Waals surface area contributed by atoms with Gasteiger partial charge in [-0.25, -0.2) is 13.4 Å². The van der Waals surface area contributed by atoms with E-state index in [1.165, 1.54) is 0 Å². The molecule has 5 nitrogen and oxygen atoms in total. The quantitative estimate of drug-likeness (QED) is 0.781. The Morgan fingerprint density at radius 2 is 2.39 bits per heavy atom. The van der Waals surface area contributed by atoms with Crippen molar-refractivity contribution in [2.45, 2.75) is 19.5 Å². The molecule has 1 aromatic heterocycles. The first-order valence-electron chi connectivity index (χ1n) is 5.80. The molecular weight excluding hydrogens is 250 g/mol. The van der Waals surface area contributed by atoms with Gasteiger partial charge in [0, 0.05) is 30.9 Å². The zero-order chi connectivity index (χ0) is 13.2. The SMILES string of the molecule is CC1CS(=O)(=O)CCN1Cc1cccnc1C#N. The van der Waals surface area contributed by atoms with Crippen LogP contribution >= 0.6 is 0 Å². The summed E-state index contributed by atoms with van der Waals surface area (Å²) in [6.45, 7) is 3.00. The van der Waals surface area contributed by atoms with Crippen LogP contribution in [0.4, 0.5) is 0 Å². The molecule has 1 saturated heterocycles. The highest BCUT2D eigenvalue weighted by Crippen LogP contribution is 2.16. The predicted molar refractivity (Wildman–Crippen MR) is 67.5 cm³/mol. The number of pyridine rings is 1. The molecule has 0 N–H and O–H groups in total. The van der Waals surface area contributed by atoms with E-state index in [1.807, 2.05) is 13.0 Å². The Bertz CT molecular complexity index is 577. The molecular formula is C12H15N3O2S. The van der Waals surface area contributed by atoms with Crippen molar-refractivity contribution < 1.29 is 8.42 Å². The summed E-state index contributed by atoms with van der Waals surface area (Å²) < 4.78 is 23.0. The lowest BCUT2D eigenvalue weighted by Crippen LogP contribution is -2.46. The summed E-state index contributed by atoms with van der Waals surface area (Å²) in [6, 6.07) is 5.70. The lowest BCUT2D eigenvalue weighted by atomic mass is 10.1. The molecule has 0 aromatic carbocycles. The Balaban J connectivity index is 2.13. The van der Waals surface area contributed by atoms with Crippen molar-refractivity contribution in [2.75, 3.05) is 18.1 Å². The summed E-state index contributed by atoms with van der Waals surface area (Å²) >= 11 is 0. The van der Waals surface area contributed by atoms with E-state index in [2.05, 4.69) is 16.0 Å². The Morgan fingerprint density at radius 3 is 3.06 bits per heavy atom. The number of nitriles is 1. The van der Waals surface area contributed by atoms with E-state index in [0.717, 1.165) is 5.56 Å². The molecule has 2 heterocycles. The highest BCUT2D eigenvalue weighted by Gasteiger charge is 2.28. The fourth-order valence-corrected chi connectivity index (χ4v) is 3.78. The molecule has 1 aliphatic heterocycles. The van der Waals surface area contributed by atoms with Crippen molar-refractivity contribution in [3.8, 4) is 6.07 Å². The van der Waals surface area contributed by atoms with Crippen LogP contribution in [0, 0.1) is 11.3 Å². The van der Waals surface area contributed by atoms with Crippen LogP contribution in [-0.2, 0) is 16.4 Å². The smallest absolute Gasteiger partial charge is 0.153 e. The van der Waals surface area contributed by atoms with E-state index in [9.17, 15) is 8.42 Å². The second-order valence-electron chi connectivity index (χ2n) is 4.56. The highest BCUT2D eigenvalue weighted by atomic mass is 32.2. The molecule has 0 spiro atoms. The second kappa shape index (κ2) is 5.04. The van der Waals surface area contributed by atoms with Gasteiger partial charge in [-0.2, -0.15) is 5.26 Å². The molecule has 0 radical (unpaired) electrons. The fraction of sp³-hybridized carbons (Fsp3) is 0.500. The van der Waals surface area contributed by atoms with Crippen LogP contribution in [0.5, 0.6) is 0 Å². The largest absolute Gasteiger partial charge is 0.294 e. The summed E-state index contributed by atoms with van der Waals surface area (Å²) in [7, 11) is -2.90. The van der Waals surface area contributed by atoms with Crippen molar-refractivity contribution >= 4 is 9.84 Å². The van der Waals surface area contributed by atoms with Crippen molar-refractivity contribution in [2.24, 2.45) is 0 Å². The van der Waals surface area contributed by atoms with Crippen LogP contribution in [-0.4, -0.2) is 42.4 Å². The van der Waals surface area contributed by atoms with Crippen LogP contribution in [0.25, 0.3) is 0 Å². The number of nitrogens with zero attached hydrogens (tertiary/aromatic N) is 3. The first-order chi connectivity index (χ1) is 8.52. The Kier molecular flexibility index (Phi) is 3.64. The molecule has 96 valence electrons. The van der Waals surface area contributed by atoms with Crippen LogP contribution < -0.4 is 0 Å². The van der Waals surface area contributed by atoms with Crippen molar-refractivity contribution in [1.29, 1.82) is 5.26 Å². The molecule has 1 atom stereocenters.